The summed E-state index contributed by atoms with van der Waals surface area (Å²) < 4.78 is 32.6. The Morgan fingerprint density at radius 2 is 0.760 bits per heavy atom. The van der Waals surface area contributed by atoms with Gasteiger partial charge in [0.15, 0.2) is 0 Å². The van der Waals surface area contributed by atoms with E-state index in [1.807, 2.05) is 6.42 Å². The Morgan fingerprint density at radius 3 is 0.960 bits per heavy atom. The van der Waals surface area contributed by atoms with Crippen LogP contribution >= 0.6 is 0 Å². The fraction of sp³-hybridized carbons (Fsp3) is 0.316. The van der Waals surface area contributed by atoms with Crippen molar-refractivity contribution in [2.24, 2.45) is 0 Å². The third kappa shape index (κ3) is 3.84. The smallest absolute Gasteiger partial charge is 0.130 e. The first-order valence-corrected chi connectivity index (χ1v) is 7.56. The molecule has 0 aliphatic rings. The summed E-state index contributed by atoms with van der Waals surface area (Å²) in [6.45, 7) is 0. The SMILES string of the molecule is COc1cc(OC)c([CH]c2c(OC)cc(OC)cc2OC)c(OC)c1. The lowest BCUT2D eigenvalue weighted by molar-refractivity contribution is 0.368. The van der Waals surface area contributed by atoms with Crippen LogP contribution in [0.25, 0.3) is 0 Å². The van der Waals surface area contributed by atoms with E-state index in [9.17, 15) is 0 Å². The fourth-order valence-electron chi connectivity index (χ4n) is 2.49. The maximum absolute atomic E-state index is 5.50. The molecule has 0 unspecified atom stereocenters. The first kappa shape index (κ1) is 18.6. The van der Waals surface area contributed by atoms with Crippen molar-refractivity contribution in [1.29, 1.82) is 0 Å². The van der Waals surface area contributed by atoms with Gasteiger partial charge in [0.25, 0.3) is 0 Å². The highest BCUT2D eigenvalue weighted by Crippen LogP contribution is 2.42. The minimum Gasteiger partial charge on any atom is -0.496 e. The summed E-state index contributed by atoms with van der Waals surface area (Å²) in [5.41, 5.74) is 1.49. The van der Waals surface area contributed by atoms with Crippen molar-refractivity contribution in [3.05, 3.63) is 41.8 Å². The molecule has 0 fully saturated rings. The molecule has 6 heteroatoms. The van der Waals surface area contributed by atoms with Gasteiger partial charge < -0.3 is 28.4 Å². The van der Waals surface area contributed by atoms with Gasteiger partial charge in [0.1, 0.15) is 34.5 Å². The Bertz CT molecular complexity index is 614. The normalized spacial score (nSPS) is 10.2. The molecule has 0 aliphatic carbocycles. The maximum atomic E-state index is 5.50. The minimum atomic E-state index is 0.608. The molecule has 2 rings (SSSR count). The van der Waals surface area contributed by atoms with Crippen molar-refractivity contribution < 1.29 is 28.4 Å². The van der Waals surface area contributed by atoms with E-state index >= 15 is 0 Å². The molecular weight excluding hydrogens is 324 g/mol. The average Bonchev–Trinajstić information content (AvgIpc) is 2.67. The Labute approximate surface area is 148 Å². The highest BCUT2D eigenvalue weighted by atomic mass is 16.5. The van der Waals surface area contributed by atoms with Crippen LogP contribution in [0.3, 0.4) is 0 Å². The number of hydrogen-bond donors (Lipinski definition) is 0. The van der Waals surface area contributed by atoms with Crippen molar-refractivity contribution >= 4 is 0 Å². The Kier molecular flexibility index (Phi) is 6.22. The van der Waals surface area contributed by atoms with Crippen LogP contribution in [-0.2, 0) is 0 Å². The zero-order chi connectivity index (χ0) is 18.4. The van der Waals surface area contributed by atoms with Gasteiger partial charge in [-0.15, -0.1) is 0 Å². The first-order chi connectivity index (χ1) is 12.1. The van der Waals surface area contributed by atoms with Crippen molar-refractivity contribution in [2.45, 2.75) is 0 Å². The summed E-state index contributed by atoms with van der Waals surface area (Å²) in [4.78, 5) is 0. The molecule has 0 atom stereocenters. The summed E-state index contributed by atoms with van der Waals surface area (Å²) in [7, 11) is 9.55. The van der Waals surface area contributed by atoms with Gasteiger partial charge in [-0.3, -0.25) is 0 Å². The van der Waals surface area contributed by atoms with Gasteiger partial charge in [0.2, 0.25) is 0 Å². The Morgan fingerprint density at radius 1 is 0.480 bits per heavy atom. The molecular formula is C19H23O6. The van der Waals surface area contributed by atoms with Gasteiger partial charge in [-0.05, 0) is 0 Å². The first-order valence-electron chi connectivity index (χ1n) is 7.56. The van der Waals surface area contributed by atoms with Crippen LogP contribution in [0, 0.1) is 6.42 Å². The van der Waals surface area contributed by atoms with Gasteiger partial charge in [-0.2, -0.15) is 0 Å². The van der Waals surface area contributed by atoms with Crippen molar-refractivity contribution in [3.63, 3.8) is 0 Å². The van der Waals surface area contributed by atoms with Gasteiger partial charge in [0, 0.05) is 41.8 Å². The molecule has 0 spiro atoms. The number of methoxy groups -OCH3 is 6. The third-order valence-corrected chi connectivity index (χ3v) is 3.79. The van der Waals surface area contributed by atoms with Crippen LogP contribution in [0.4, 0.5) is 0 Å². The summed E-state index contributed by atoms with van der Waals surface area (Å²) in [6, 6.07) is 7.15. The fourth-order valence-corrected chi connectivity index (χ4v) is 2.49. The molecule has 0 amide bonds. The van der Waals surface area contributed by atoms with E-state index in [1.165, 1.54) is 0 Å². The van der Waals surface area contributed by atoms with Gasteiger partial charge in [-0.25, -0.2) is 0 Å². The molecule has 2 aromatic rings. The standard InChI is InChI=1S/C19H23O6/c1-20-12-7-16(22-3)14(17(8-12)23-4)11-15-18(24-5)9-13(21-2)10-19(15)25-6/h7-11H,1-6H3. The van der Waals surface area contributed by atoms with E-state index in [2.05, 4.69) is 0 Å². The van der Waals surface area contributed by atoms with Crippen molar-refractivity contribution in [3.8, 4) is 34.5 Å². The molecule has 6 nitrogen and oxygen atoms in total. The molecule has 0 heterocycles. The zero-order valence-electron chi connectivity index (χ0n) is 15.3. The molecule has 0 aromatic heterocycles. The molecule has 135 valence electrons. The van der Waals surface area contributed by atoms with Gasteiger partial charge in [-0.1, -0.05) is 0 Å². The lowest BCUT2D eigenvalue weighted by Gasteiger charge is -2.18. The van der Waals surface area contributed by atoms with Crippen LogP contribution < -0.4 is 28.4 Å². The van der Waals surface area contributed by atoms with Crippen LogP contribution in [0.2, 0.25) is 0 Å². The summed E-state index contributed by atoms with van der Waals surface area (Å²) in [6.07, 6.45) is 1.88. The number of rotatable bonds is 8. The van der Waals surface area contributed by atoms with Crippen LogP contribution in [0.5, 0.6) is 34.5 Å². The lowest BCUT2D eigenvalue weighted by atomic mass is 10.0. The van der Waals surface area contributed by atoms with Crippen LogP contribution in [-0.4, -0.2) is 42.7 Å². The quantitative estimate of drug-likeness (QED) is 0.730. The number of benzene rings is 2. The Balaban J connectivity index is 2.59. The highest BCUT2D eigenvalue weighted by molar-refractivity contribution is 5.63. The van der Waals surface area contributed by atoms with E-state index in [0.29, 0.717) is 34.5 Å². The molecule has 0 saturated carbocycles. The highest BCUT2D eigenvalue weighted by Gasteiger charge is 2.20. The van der Waals surface area contributed by atoms with Crippen LogP contribution in [0.15, 0.2) is 24.3 Å². The third-order valence-electron chi connectivity index (χ3n) is 3.79. The largest absolute Gasteiger partial charge is 0.496 e. The topological polar surface area (TPSA) is 55.4 Å². The molecule has 0 N–H and O–H groups in total. The predicted octanol–water partition coefficient (Wildman–Crippen LogP) is 3.34. The number of ether oxygens (including phenoxy) is 6. The predicted molar refractivity (Wildman–Crippen MR) is 94.7 cm³/mol. The lowest BCUT2D eigenvalue weighted by Crippen LogP contribution is -2.02. The Hall–Kier alpha value is -2.76. The molecule has 25 heavy (non-hydrogen) atoms. The summed E-state index contributed by atoms with van der Waals surface area (Å²) in [5, 5.41) is 0. The molecule has 2 aromatic carbocycles. The van der Waals surface area contributed by atoms with E-state index < -0.39 is 0 Å². The molecule has 0 bridgehead atoms. The van der Waals surface area contributed by atoms with E-state index in [1.54, 1.807) is 66.9 Å². The van der Waals surface area contributed by atoms with E-state index in [0.717, 1.165) is 11.1 Å². The van der Waals surface area contributed by atoms with Crippen molar-refractivity contribution in [1.82, 2.24) is 0 Å². The molecule has 1 radical (unpaired) electrons. The van der Waals surface area contributed by atoms with E-state index in [-0.39, 0.29) is 0 Å². The number of hydrogen-bond acceptors (Lipinski definition) is 6. The average molecular weight is 347 g/mol. The van der Waals surface area contributed by atoms with Crippen molar-refractivity contribution in [2.75, 3.05) is 42.7 Å². The van der Waals surface area contributed by atoms with E-state index in [4.69, 9.17) is 28.4 Å². The van der Waals surface area contributed by atoms with Gasteiger partial charge >= 0.3 is 0 Å². The second-order valence-corrected chi connectivity index (χ2v) is 5.04. The monoisotopic (exact) mass is 347 g/mol. The van der Waals surface area contributed by atoms with Crippen LogP contribution in [0.1, 0.15) is 11.1 Å². The minimum absolute atomic E-state index is 0.608. The second-order valence-electron chi connectivity index (χ2n) is 5.04. The molecule has 0 saturated heterocycles. The second kappa shape index (κ2) is 8.37. The summed E-state index contributed by atoms with van der Waals surface area (Å²) in [5.74, 6) is 3.71. The zero-order valence-corrected chi connectivity index (χ0v) is 15.3. The maximum Gasteiger partial charge on any atom is 0.130 e. The van der Waals surface area contributed by atoms with Gasteiger partial charge in [0.05, 0.1) is 42.7 Å². The molecule has 0 aliphatic heterocycles. The summed E-state index contributed by atoms with van der Waals surface area (Å²) >= 11 is 0.